The van der Waals surface area contributed by atoms with Crippen LogP contribution in [0.4, 0.5) is 0 Å². The molecule has 1 fully saturated rings. The maximum atomic E-state index is 6.29. The van der Waals surface area contributed by atoms with Gasteiger partial charge in [-0.2, -0.15) is 0 Å². The van der Waals surface area contributed by atoms with E-state index in [-0.39, 0.29) is 0 Å². The van der Waals surface area contributed by atoms with Crippen molar-refractivity contribution in [2.75, 3.05) is 26.8 Å². The van der Waals surface area contributed by atoms with Crippen LogP contribution in [-0.2, 0) is 4.74 Å². The quantitative estimate of drug-likeness (QED) is 0.695. The molecule has 1 saturated heterocycles. The normalized spacial score (nSPS) is 23.4. The maximum Gasteiger partial charge on any atom is 0.0469 e. The van der Waals surface area contributed by atoms with Gasteiger partial charge in [-0.15, -0.1) is 0 Å². The summed E-state index contributed by atoms with van der Waals surface area (Å²) >= 11 is 0. The van der Waals surface area contributed by atoms with Crippen LogP contribution in [0.2, 0.25) is 0 Å². The molecule has 0 spiro atoms. The first-order valence-corrected chi connectivity index (χ1v) is 5.77. The number of nitrogens with one attached hydrogen (secondary N) is 1. The van der Waals surface area contributed by atoms with Gasteiger partial charge in [-0.1, -0.05) is 13.3 Å². The van der Waals surface area contributed by atoms with Crippen LogP contribution < -0.4 is 11.1 Å². The van der Waals surface area contributed by atoms with E-state index in [1.54, 1.807) is 0 Å². The smallest absolute Gasteiger partial charge is 0.0469 e. The molecule has 0 aromatic rings. The number of ether oxygens (including phenoxy) is 1. The summed E-state index contributed by atoms with van der Waals surface area (Å²) in [4.78, 5) is 0. The molecule has 1 rings (SSSR count). The maximum absolute atomic E-state index is 6.29. The first kappa shape index (κ1) is 12.0. The number of nitrogens with two attached hydrogens (primary N) is 1. The van der Waals surface area contributed by atoms with E-state index in [4.69, 9.17) is 10.5 Å². The van der Waals surface area contributed by atoms with Gasteiger partial charge in [0.25, 0.3) is 0 Å². The van der Waals surface area contributed by atoms with Crippen molar-refractivity contribution in [1.29, 1.82) is 0 Å². The van der Waals surface area contributed by atoms with Crippen LogP contribution in [-0.4, -0.2) is 32.8 Å². The monoisotopic (exact) mass is 200 g/mol. The Labute approximate surface area is 87.4 Å². The van der Waals surface area contributed by atoms with E-state index >= 15 is 0 Å². The van der Waals surface area contributed by atoms with Gasteiger partial charge in [0.15, 0.2) is 0 Å². The average molecular weight is 200 g/mol. The molecular weight excluding hydrogens is 176 g/mol. The fourth-order valence-corrected chi connectivity index (χ4v) is 2.30. The van der Waals surface area contributed by atoms with Gasteiger partial charge in [0.2, 0.25) is 0 Å². The van der Waals surface area contributed by atoms with Crippen LogP contribution in [0.3, 0.4) is 0 Å². The Morgan fingerprint density at radius 3 is 2.57 bits per heavy atom. The zero-order valence-corrected chi connectivity index (χ0v) is 9.46. The Kier molecular flexibility index (Phi) is 5.45. The summed E-state index contributed by atoms with van der Waals surface area (Å²) in [6.07, 6.45) is 3.45. The standard InChI is InChI=1S/C11H24N2O/c1-3-9(8-13-2)11(12)10-4-6-14-7-5-10/h9-11,13H,3-8,12H2,1-2H3. The first-order chi connectivity index (χ1) is 6.79. The molecule has 0 bridgehead atoms. The van der Waals surface area contributed by atoms with Gasteiger partial charge in [-0.3, -0.25) is 0 Å². The predicted molar refractivity (Wildman–Crippen MR) is 59.2 cm³/mol. The molecule has 0 amide bonds. The van der Waals surface area contributed by atoms with Gasteiger partial charge in [-0.05, 0) is 38.3 Å². The molecular formula is C11H24N2O. The Bertz CT molecular complexity index is 141. The highest BCUT2D eigenvalue weighted by atomic mass is 16.5. The van der Waals surface area contributed by atoms with Gasteiger partial charge in [-0.25, -0.2) is 0 Å². The Balaban J connectivity index is 2.38. The van der Waals surface area contributed by atoms with Crippen LogP contribution >= 0.6 is 0 Å². The Morgan fingerprint density at radius 2 is 2.07 bits per heavy atom. The summed E-state index contributed by atoms with van der Waals surface area (Å²) in [6, 6.07) is 0.344. The van der Waals surface area contributed by atoms with Crippen molar-refractivity contribution >= 4 is 0 Å². The van der Waals surface area contributed by atoms with Crippen LogP contribution in [0, 0.1) is 11.8 Å². The summed E-state index contributed by atoms with van der Waals surface area (Å²) < 4.78 is 5.35. The molecule has 0 aliphatic carbocycles. The van der Waals surface area contributed by atoms with Crippen molar-refractivity contribution in [3.63, 3.8) is 0 Å². The first-order valence-electron chi connectivity index (χ1n) is 5.77. The minimum atomic E-state index is 0.344. The summed E-state index contributed by atoms with van der Waals surface area (Å²) in [6.45, 7) is 5.05. The van der Waals surface area contributed by atoms with Crippen LogP contribution in [0.1, 0.15) is 26.2 Å². The van der Waals surface area contributed by atoms with Crippen molar-refractivity contribution in [2.24, 2.45) is 17.6 Å². The third-order valence-corrected chi connectivity index (χ3v) is 3.35. The second-order valence-electron chi connectivity index (χ2n) is 4.25. The molecule has 1 aliphatic heterocycles. The number of hydrogen-bond acceptors (Lipinski definition) is 3. The molecule has 0 aromatic carbocycles. The molecule has 0 saturated carbocycles. The minimum Gasteiger partial charge on any atom is -0.381 e. The molecule has 3 nitrogen and oxygen atoms in total. The fourth-order valence-electron chi connectivity index (χ4n) is 2.30. The average Bonchev–Trinajstić information content (AvgIpc) is 2.26. The van der Waals surface area contributed by atoms with E-state index in [2.05, 4.69) is 12.2 Å². The zero-order chi connectivity index (χ0) is 10.4. The Morgan fingerprint density at radius 1 is 1.43 bits per heavy atom. The molecule has 0 radical (unpaired) electrons. The second-order valence-corrected chi connectivity index (χ2v) is 4.25. The highest BCUT2D eigenvalue weighted by molar-refractivity contribution is 4.82. The number of hydrogen-bond donors (Lipinski definition) is 2. The number of rotatable bonds is 5. The van der Waals surface area contributed by atoms with Gasteiger partial charge >= 0.3 is 0 Å². The van der Waals surface area contributed by atoms with Crippen molar-refractivity contribution in [1.82, 2.24) is 5.32 Å². The summed E-state index contributed by atoms with van der Waals surface area (Å²) in [5, 5.41) is 3.23. The van der Waals surface area contributed by atoms with E-state index in [0.717, 1.165) is 32.6 Å². The van der Waals surface area contributed by atoms with E-state index in [1.165, 1.54) is 6.42 Å². The van der Waals surface area contributed by atoms with Crippen molar-refractivity contribution in [3.8, 4) is 0 Å². The lowest BCUT2D eigenvalue weighted by molar-refractivity contribution is 0.0507. The predicted octanol–water partition coefficient (Wildman–Crippen LogP) is 0.986. The molecule has 1 aliphatic rings. The van der Waals surface area contributed by atoms with Gasteiger partial charge < -0.3 is 15.8 Å². The third-order valence-electron chi connectivity index (χ3n) is 3.35. The van der Waals surface area contributed by atoms with E-state index in [1.807, 2.05) is 7.05 Å². The third kappa shape index (κ3) is 3.23. The van der Waals surface area contributed by atoms with Gasteiger partial charge in [0.1, 0.15) is 0 Å². The molecule has 1 heterocycles. The van der Waals surface area contributed by atoms with E-state index in [0.29, 0.717) is 17.9 Å². The molecule has 3 N–H and O–H groups in total. The lowest BCUT2D eigenvalue weighted by Crippen LogP contribution is -2.43. The fraction of sp³-hybridized carbons (Fsp3) is 1.00. The largest absolute Gasteiger partial charge is 0.381 e. The lowest BCUT2D eigenvalue weighted by Gasteiger charge is -2.32. The second kappa shape index (κ2) is 6.38. The molecule has 2 atom stereocenters. The van der Waals surface area contributed by atoms with Gasteiger partial charge in [0.05, 0.1) is 0 Å². The molecule has 14 heavy (non-hydrogen) atoms. The van der Waals surface area contributed by atoms with Crippen LogP contribution in [0.15, 0.2) is 0 Å². The Hall–Kier alpha value is -0.120. The lowest BCUT2D eigenvalue weighted by atomic mass is 9.83. The zero-order valence-electron chi connectivity index (χ0n) is 9.46. The van der Waals surface area contributed by atoms with Crippen LogP contribution in [0.25, 0.3) is 0 Å². The topological polar surface area (TPSA) is 47.3 Å². The SMILES string of the molecule is CCC(CNC)C(N)C1CCOCC1. The van der Waals surface area contributed by atoms with Crippen LogP contribution in [0.5, 0.6) is 0 Å². The highest BCUT2D eigenvalue weighted by Gasteiger charge is 2.26. The molecule has 3 heteroatoms. The molecule has 0 aromatic heterocycles. The summed E-state index contributed by atoms with van der Waals surface area (Å²) in [7, 11) is 2.00. The molecule has 2 unspecified atom stereocenters. The summed E-state index contributed by atoms with van der Waals surface area (Å²) in [5.41, 5.74) is 6.29. The molecule has 84 valence electrons. The van der Waals surface area contributed by atoms with Crippen molar-refractivity contribution < 1.29 is 4.74 Å². The highest BCUT2D eigenvalue weighted by Crippen LogP contribution is 2.23. The summed E-state index contributed by atoms with van der Waals surface area (Å²) in [5.74, 6) is 1.28. The van der Waals surface area contributed by atoms with Gasteiger partial charge in [0, 0.05) is 19.3 Å². The minimum absolute atomic E-state index is 0.344. The van der Waals surface area contributed by atoms with Crippen molar-refractivity contribution in [3.05, 3.63) is 0 Å². The van der Waals surface area contributed by atoms with E-state index < -0.39 is 0 Å². The van der Waals surface area contributed by atoms with Crippen molar-refractivity contribution in [2.45, 2.75) is 32.2 Å². The van der Waals surface area contributed by atoms with E-state index in [9.17, 15) is 0 Å².